The van der Waals surface area contributed by atoms with Crippen LogP contribution in [0.25, 0.3) is 0 Å². The second kappa shape index (κ2) is 20.1. The van der Waals surface area contributed by atoms with Crippen molar-refractivity contribution in [2.75, 3.05) is 39.3 Å². The molecule has 10 amide bonds. The average molecular weight is 1080 g/mol. The second-order valence-corrected chi connectivity index (χ2v) is 26.2. The number of nitrogens with one attached hydrogen (secondary N) is 2. The number of nitrogens with zero attached hydrogens (tertiary/aromatic N) is 8. The third kappa shape index (κ3) is 12.7. The molecule has 75 heavy (non-hydrogen) atoms. The van der Waals surface area contributed by atoms with E-state index < -0.39 is 141 Å². The summed E-state index contributed by atoms with van der Waals surface area (Å²) in [4.78, 5) is 118. The maximum absolute atomic E-state index is 14.0. The van der Waals surface area contributed by atoms with Crippen LogP contribution in [0.4, 0.5) is 28.8 Å². The molecule has 8 heterocycles. The fourth-order valence-corrected chi connectivity index (χ4v) is 12.4. The Labute approximate surface area is 438 Å². The summed E-state index contributed by atoms with van der Waals surface area (Å²) in [5, 5.41) is 7.41. The highest BCUT2D eigenvalue weighted by Gasteiger charge is 2.55. The molecule has 4 unspecified atom stereocenters. The Bertz CT molecular complexity index is 2210. The molecular weight excluding hydrogens is 1000 g/mol. The van der Waals surface area contributed by atoms with Crippen molar-refractivity contribution in [1.82, 2.24) is 50.2 Å². The normalized spacial score (nSPS) is 30.0. The van der Waals surface area contributed by atoms with Crippen LogP contribution in [0.15, 0.2) is 0 Å². The van der Waals surface area contributed by atoms with Gasteiger partial charge < -0.3 is 49.2 Å². The van der Waals surface area contributed by atoms with Crippen molar-refractivity contribution < 1.29 is 74.3 Å². The highest BCUT2D eigenvalue weighted by Crippen LogP contribution is 2.37. The molecule has 420 valence electrons. The molecule has 0 aromatic rings. The molecule has 26 nitrogen and oxygen atoms in total. The first kappa shape index (κ1) is 55.7. The minimum atomic E-state index is -5.12. The Morgan fingerprint density at radius 3 is 1.03 bits per heavy atom. The van der Waals surface area contributed by atoms with Gasteiger partial charge in [0.05, 0.1) is 36.3 Å². The van der Waals surface area contributed by atoms with Gasteiger partial charge in [-0.15, -0.1) is 8.57 Å². The van der Waals surface area contributed by atoms with E-state index in [-0.39, 0.29) is 90.6 Å². The zero-order chi connectivity index (χ0) is 55.1. The first-order valence-electron chi connectivity index (χ1n) is 26.1. The lowest BCUT2D eigenvalue weighted by Crippen LogP contribution is -2.68. The van der Waals surface area contributed by atoms with Crippen molar-refractivity contribution >= 4 is 58.6 Å². The number of fused-ring (bicyclic) bond motifs is 8. The molecule has 2 N–H and O–H groups in total. The molecule has 0 aromatic heterocycles. The average Bonchev–Trinajstić information content (AvgIpc) is 3.61. The Morgan fingerprint density at radius 2 is 0.733 bits per heavy atom. The maximum atomic E-state index is 14.0. The van der Waals surface area contributed by atoms with Crippen LogP contribution in [-0.2, 0) is 47.5 Å². The van der Waals surface area contributed by atoms with Crippen molar-refractivity contribution in [2.45, 2.75) is 217 Å². The lowest BCUT2D eigenvalue weighted by atomic mass is 9.87. The van der Waals surface area contributed by atoms with Gasteiger partial charge in [0.2, 0.25) is 11.8 Å². The van der Waals surface area contributed by atoms with E-state index in [1.54, 1.807) is 103 Å². The Kier molecular flexibility index (Phi) is 14.9. The monoisotopic (exact) mass is 1080 g/mol. The lowest BCUT2D eigenvalue weighted by molar-refractivity contribution is -0.128. The van der Waals surface area contributed by atoms with Crippen molar-refractivity contribution in [3.8, 4) is 0 Å². The SMILES string of the molecule is CC(C)(C)OC(=O)N1CC2CC(NC(=O)[C@@H]3CC[C@@H]4CN3C(=O)N4OS(=O)(=O)ON3C(=O)N4C[C@H]3CC[C@H]4C(=O)NC3CC4CN(C(=O)OC(C)(C)C)CC(C3)N4C(=O)OC(C)(C)C)CC(C1)N2C(=O)OC(C)(C)C. The molecule has 8 fully saturated rings. The van der Waals surface area contributed by atoms with E-state index in [1.807, 2.05) is 0 Å². The molecule has 8 aliphatic heterocycles. The topological polar surface area (TPSA) is 276 Å². The number of carbonyl (C=O) groups excluding carboxylic acids is 8. The minimum Gasteiger partial charge on any atom is -0.444 e. The van der Waals surface area contributed by atoms with E-state index >= 15 is 0 Å². The number of rotatable bonds is 8. The van der Waals surface area contributed by atoms with Crippen LogP contribution in [0.3, 0.4) is 0 Å². The van der Waals surface area contributed by atoms with Crippen LogP contribution in [0, 0.1) is 0 Å². The fraction of sp³-hybridized carbons (Fsp3) is 0.833. The van der Waals surface area contributed by atoms with E-state index in [0.29, 0.717) is 10.1 Å². The van der Waals surface area contributed by atoms with Crippen molar-refractivity contribution in [3.63, 3.8) is 0 Å². The van der Waals surface area contributed by atoms with Gasteiger partial charge in [-0.1, -0.05) is 0 Å². The number of hydrogen-bond donors (Lipinski definition) is 2. The summed E-state index contributed by atoms with van der Waals surface area (Å²) in [7, 11) is -5.12. The van der Waals surface area contributed by atoms with Gasteiger partial charge in [-0.05, 0) is 134 Å². The number of hydroxylamine groups is 4. The first-order chi connectivity index (χ1) is 34.6. The Morgan fingerprint density at radius 1 is 0.440 bits per heavy atom. The van der Waals surface area contributed by atoms with Crippen LogP contribution < -0.4 is 10.6 Å². The van der Waals surface area contributed by atoms with Crippen LogP contribution in [0.5, 0.6) is 0 Å². The molecule has 8 saturated heterocycles. The minimum absolute atomic E-state index is 0.0288. The van der Waals surface area contributed by atoms with Gasteiger partial charge in [0.1, 0.15) is 34.5 Å². The molecule has 0 saturated carbocycles. The molecule has 8 aliphatic rings. The van der Waals surface area contributed by atoms with Crippen LogP contribution in [0.1, 0.15) is 134 Å². The van der Waals surface area contributed by atoms with E-state index in [1.165, 1.54) is 9.80 Å². The van der Waals surface area contributed by atoms with Gasteiger partial charge in [-0.2, -0.15) is 18.5 Å². The Balaban J connectivity index is 0.850. The summed E-state index contributed by atoms with van der Waals surface area (Å²) >= 11 is 0. The smallest absolute Gasteiger partial charge is 0.442 e. The van der Waals surface area contributed by atoms with Gasteiger partial charge in [-0.25, -0.2) is 28.8 Å². The number of likely N-dealkylation sites (tertiary alicyclic amines) is 2. The molecule has 8 rings (SSSR count). The quantitative estimate of drug-likeness (QED) is 0.328. The highest BCUT2D eigenvalue weighted by molar-refractivity contribution is 7.81. The molecule has 0 spiro atoms. The van der Waals surface area contributed by atoms with E-state index in [9.17, 15) is 46.8 Å². The summed E-state index contributed by atoms with van der Waals surface area (Å²) in [6, 6.07) is -8.23. The van der Waals surface area contributed by atoms with Crippen LogP contribution in [-0.4, -0.2) is 218 Å². The van der Waals surface area contributed by atoms with E-state index in [2.05, 4.69) is 10.6 Å². The fourth-order valence-electron chi connectivity index (χ4n) is 11.6. The summed E-state index contributed by atoms with van der Waals surface area (Å²) in [6.45, 7) is 21.7. The lowest BCUT2D eigenvalue weighted by Gasteiger charge is -2.51. The van der Waals surface area contributed by atoms with Gasteiger partial charge >= 0.3 is 46.8 Å². The van der Waals surface area contributed by atoms with E-state index in [0.717, 1.165) is 0 Å². The number of urea groups is 2. The molecule has 0 aliphatic carbocycles. The highest BCUT2D eigenvalue weighted by atomic mass is 32.3. The number of ether oxygens (including phenoxy) is 4. The summed E-state index contributed by atoms with van der Waals surface area (Å²) in [6.07, 6.45) is -0.209. The summed E-state index contributed by atoms with van der Waals surface area (Å²) in [5.74, 6) is -0.941. The van der Waals surface area contributed by atoms with E-state index in [4.69, 9.17) is 27.5 Å². The molecule has 27 heteroatoms. The number of piperazine rings is 2. The predicted molar refractivity (Wildman–Crippen MR) is 262 cm³/mol. The molecule has 0 aromatic carbocycles. The molecule has 8 bridgehead atoms. The number of piperidine rings is 4. The van der Waals surface area contributed by atoms with Crippen molar-refractivity contribution in [2.24, 2.45) is 0 Å². The van der Waals surface area contributed by atoms with Crippen molar-refractivity contribution in [3.05, 3.63) is 0 Å². The first-order valence-corrected chi connectivity index (χ1v) is 27.4. The summed E-state index contributed by atoms with van der Waals surface area (Å²) in [5.41, 5.74) is -3.02. The van der Waals surface area contributed by atoms with Gasteiger partial charge in [-0.3, -0.25) is 19.4 Å². The standard InChI is InChI=1S/C48H76N10O16S/c1-45(2,3)69-41(63)51-21-31-17-27(18-32(22-51)55(31)43(65)71-47(7,8)9)49-37(59)35-15-13-29-25-53(35)39(61)57(29)73-75(67,68)74-58-30-14-16-36(54(26-30)40(58)62)38(60)50-28-19-33-23-52(42(64)70-46(4,5)6)24-34(20-28)56(33)44(66)72-48(10,11)12/h27-36H,13-26H2,1-12H3,(H,49,59)(H,50,60)/t27?,28?,29-,30-,31?,32?,33?,34?,35+,36+/m1/s1. The molecule has 8 atom stereocenters. The second-order valence-electron chi connectivity index (χ2n) is 25.1. The number of carbonyl (C=O) groups is 8. The third-order valence-electron chi connectivity index (χ3n) is 14.3. The zero-order valence-corrected chi connectivity index (χ0v) is 46.0. The van der Waals surface area contributed by atoms with Gasteiger partial charge in [0, 0.05) is 51.4 Å². The largest absolute Gasteiger partial charge is 0.444 e. The van der Waals surface area contributed by atoms with Gasteiger partial charge in [0.25, 0.3) is 0 Å². The van der Waals surface area contributed by atoms with Crippen LogP contribution >= 0.6 is 0 Å². The van der Waals surface area contributed by atoms with Crippen molar-refractivity contribution in [1.29, 1.82) is 0 Å². The maximum Gasteiger partial charge on any atom is 0.442 e. The van der Waals surface area contributed by atoms with Crippen LogP contribution in [0.2, 0.25) is 0 Å². The molecule has 0 radical (unpaired) electrons. The predicted octanol–water partition coefficient (Wildman–Crippen LogP) is 3.64. The third-order valence-corrected chi connectivity index (χ3v) is 15.0. The zero-order valence-electron chi connectivity index (χ0n) is 45.2. The van der Waals surface area contributed by atoms with Gasteiger partial charge in [0.15, 0.2) is 0 Å². The molecular formula is C48H76N10O16S. The number of hydrogen-bond acceptors (Lipinski definition) is 16. The number of amides is 10. The summed E-state index contributed by atoms with van der Waals surface area (Å²) < 4.78 is 60.3. The Hall–Kier alpha value is -5.57.